The van der Waals surface area contributed by atoms with Crippen LogP contribution in [-0.2, 0) is 9.47 Å². The molecule has 0 N–H and O–H groups in total. The molecule has 2 aliphatic rings. The second kappa shape index (κ2) is 6.70. The van der Waals surface area contributed by atoms with Crippen LogP contribution in [0.2, 0.25) is 0 Å². The number of carbonyl (C=O) groups excluding carboxylic acids is 1. The Hall–Kier alpha value is -1.44. The third-order valence-corrected chi connectivity index (χ3v) is 5.73. The number of imidazole rings is 1. The van der Waals surface area contributed by atoms with E-state index in [1.54, 1.807) is 0 Å². The summed E-state index contributed by atoms with van der Waals surface area (Å²) in [5.74, 6) is 0.0239. The molecule has 25 heavy (non-hydrogen) atoms. The lowest BCUT2D eigenvalue weighted by Crippen LogP contribution is -2.40. The van der Waals surface area contributed by atoms with Crippen LogP contribution in [0.25, 0.3) is 5.65 Å². The minimum atomic E-state index is -0.120. The first-order valence-corrected chi connectivity index (χ1v) is 9.52. The highest BCUT2D eigenvalue weighted by Crippen LogP contribution is 2.31. The Bertz CT molecular complexity index is 798. The average Bonchev–Trinajstić information content (AvgIpc) is 2.79. The fraction of sp³-hybridized carbons (Fsp3) is 0.556. The van der Waals surface area contributed by atoms with Crippen LogP contribution in [-0.4, -0.2) is 58.7 Å². The normalized spacial score (nSPS) is 20.8. The number of aromatic nitrogens is 2. The fourth-order valence-corrected chi connectivity index (χ4v) is 4.12. The number of hydrogen-bond donors (Lipinski definition) is 0. The summed E-state index contributed by atoms with van der Waals surface area (Å²) in [5.41, 5.74) is 2.06. The molecule has 0 atom stereocenters. The van der Waals surface area contributed by atoms with E-state index in [4.69, 9.17) is 9.47 Å². The monoisotopic (exact) mass is 407 g/mol. The van der Waals surface area contributed by atoms with Crippen molar-refractivity contribution < 1.29 is 14.3 Å². The number of fused-ring (bicyclic) bond motifs is 1. The van der Waals surface area contributed by atoms with Crippen molar-refractivity contribution in [2.45, 2.75) is 31.8 Å². The molecule has 2 aliphatic heterocycles. The average molecular weight is 408 g/mol. The zero-order valence-corrected chi connectivity index (χ0v) is 15.9. The lowest BCUT2D eigenvalue weighted by atomic mass is 9.90. The SMILES string of the molecule is Cc1nc2ccc(Br)cn2c1C(=O)N1CCOC2(CCOCC2)CC1. The molecular formula is C18H22BrN3O3. The van der Waals surface area contributed by atoms with Gasteiger partial charge in [0.25, 0.3) is 5.91 Å². The van der Waals surface area contributed by atoms with Crippen LogP contribution in [0, 0.1) is 6.92 Å². The Balaban J connectivity index is 1.59. The molecule has 6 nitrogen and oxygen atoms in total. The van der Waals surface area contributed by atoms with Gasteiger partial charge in [-0.05, 0) is 54.2 Å². The summed E-state index contributed by atoms with van der Waals surface area (Å²) in [6, 6.07) is 3.85. The first-order chi connectivity index (χ1) is 12.1. The molecule has 2 aromatic heterocycles. The molecule has 0 radical (unpaired) electrons. The van der Waals surface area contributed by atoms with Crippen LogP contribution < -0.4 is 0 Å². The number of carbonyl (C=O) groups is 1. The summed E-state index contributed by atoms with van der Waals surface area (Å²) in [6.07, 6.45) is 4.59. The second-order valence-electron chi connectivity index (χ2n) is 6.81. The largest absolute Gasteiger partial charge is 0.381 e. The molecule has 134 valence electrons. The van der Waals surface area contributed by atoms with Crippen molar-refractivity contribution >= 4 is 27.5 Å². The smallest absolute Gasteiger partial charge is 0.272 e. The number of nitrogens with zero attached hydrogens (tertiary/aromatic N) is 3. The van der Waals surface area contributed by atoms with Crippen molar-refractivity contribution in [2.75, 3.05) is 32.9 Å². The van der Waals surface area contributed by atoms with E-state index in [0.29, 0.717) is 25.4 Å². The van der Waals surface area contributed by atoms with Gasteiger partial charge in [-0.2, -0.15) is 0 Å². The summed E-state index contributed by atoms with van der Waals surface area (Å²) >= 11 is 3.48. The van der Waals surface area contributed by atoms with Gasteiger partial charge in [0.2, 0.25) is 0 Å². The summed E-state index contributed by atoms with van der Waals surface area (Å²) in [7, 11) is 0. The quantitative estimate of drug-likeness (QED) is 0.729. The standard InChI is InChI=1S/C18H22BrN3O3/c1-13-16(22-12-14(19)2-3-15(22)20-13)17(23)21-7-4-18(25-11-8-21)5-9-24-10-6-18/h2-3,12H,4-11H2,1H3. The molecule has 2 saturated heterocycles. The van der Waals surface area contributed by atoms with Crippen LogP contribution in [0.5, 0.6) is 0 Å². The highest BCUT2D eigenvalue weighted by atomic mass is 79.9. The van der Waals surface area contributed by atoms with Crippen LogP contribution in [0.1, 0.15) is 35.4 Å². The molecule has 2 aromatic rings. The van der Waals surface area contributed by atoms with Gasteiger partial charge in [-0.15, -0.1) is 0 Å². The van der Waals surface area contributed by atoms with E-state index in [1.807, 2.05) is 34.6 Å². The summed E-state index contributed by atoms with van der Waals surface area (Å²) < 4.78 is 14.4. The van der Waals surface area contributed by atoms with Gasteiger partial charge in [-0.25, -0.2) is 4.98 Å². The van der Waals surface area contributed by atoms with Crippen molar-refractivity contribution in [2.24, 2.45) is 0 Å². The van der Waals surface area contributed by atoms with Crippen molar-refractivity contribution in [1.29, 1.82) is 0 Å². The third kappa shape index (κ3) is 3.20. The van der Waals surface area contributed by atoms with Gasteiger partial charge in [0, 0.05) is 37.0 Å². The van der Waals surface area contributed by atoms with E-state index in [-0.39, 0.29) is 11.5 Å². The zero-order chi connectivity index (χ0) is 17.4. The Morgan fingerprint density at radius 3 is 2.80 bits per heavy atom. The molecule has 4 heterocycles. The number of ether oxygens (including phenoxy) is 2. The van der Waals surface area contributed by atoms with Gasteiger partial charge in [0.1, 0.15) is 11.3 Å². The molecule has 0 aromatic carbocycles. The predicted molar refractivity (Wildman–Crippen MR) is 96.9 cm³/mol. The number of amides is 1. The van der Waals surface area contributed by atoms with Gasteiger partial charge >= 0.3 is 0 Å². The zero-order valence-electron chi connectivity index (χ0n) is 14.3. The van der Waals surface area contributed by atoms with Gasteiger partial charge in [0.05, 0.1) is 17.9 Å². The fourth-order valence-electron chi connectivity index (χ4n) is 3.78. The summed E-state index contributed by atoms with van der Waals surface area (Å²) in [4.78, 5) is 19.6. The first-order valence-electron chi connectivity index (χ1n) is 8.73. The molecule has 4 rings (SSSR count). The van der Waals surface area contributed by atoms with Gasteiger partial charge < -0.3 is 14.4 Å². The molecule has 1 amide bonds. The van der Waals surface area contributed by atoms with E-state index in [1.165, 1.54) is 0 Å². The van der Waals surface area contributed by atoms with E-state index in [9.17, 15) is 4.79 Å². The third-order valence-electron chi connectivity index (χ3n) is 5.26. The van der Waals surface area contributed by atoms with Crippen LogP contribution in [0.15, 0.2) is 22.8 Å². The molecule has 0 aliphatic carbocycles. The number of hydrogen-bond acceptors (Lipinski definition) is 4. The topological polar surface area (TPSA) is 56.1 Å². The minimum absolute atomic E-state index is 0.0239. The highest BCUT2D eigenvalue weighted by molar-refractivity contribution is 9.10. The molecule has 7 heteroatoms. The van der Waals surface area contributed by atoms with Crippen molar-refractivity contribution in [1.82, 2.24) is 14.3 Å². The highest BCUT2D eigenvalue weighted by Gasteiger charge is 2.37. The van der Waals surface area contributed by atoms with Crippen molar-refractivity contribution in [3.8, 4) is 0 Å². The molecule has 0 saturated carbocycles. The van der Waals surface area contributed by atoms with Gasteiger partial charge in [-0.1, -0.05) is 0 Å². The maximum atomic E-state index is 13.2. The number of pyridine rings is 1. The summed E-state index contributed by atoms with van der Waals surface area (Å²) in [6.45, 7) is 5.28. The molecule has 1 spiro atoms. The van der Waals surface area contributed by atoms with Crippen molar-refractivity contribution in [3.05, 3.63) is 34.2 Å². The van der Waals surface area contributed by atoms with Crippen LogP contribution in [0.4, 0.5) is 0 Å². The van der Waals surface area contributed by atoms with E-state index in [0.717, 1.165) is 48.3 Å². The lowest BCUT2D eigenvalue weighted by Gasteiger charge is -2.35. The molecule has 0 bridgehead atoms. The van der Waals surface area contributed by atoms with Gasteiger partial charge in [-0.3, -0.25) is 9.20 Å². The van der Waals surface area contributed by atoms with Gasteiger partial charge in [0.15, 0.2) is 0 Å². The summed E-state index contributed by atoms with van der Waals surface area (Å²) in [5, 5.41) is 0. The predicted octanol–water partition coefficient (Wildman–Crippen LogP) is 2.82. The number of aryl methyl sites for hydroxylation is 1. The first kappa shape index (κ1) is 17.0. The number of halogens is 1. The minimum Gasteiger partial charge on any atom is -0.381 e. The van der Waals surface area contributed by atoms with Crippen LogP contribution >= 0.6 is 15.9 Å². The Morgan fingerprint density at radius 1 is 1.20 bits per heavy atom. The molecule has 0 unspecified atom stereocenters. The Morgan fingerprint density at radius 2 is 2.00 bits per heavy atom. The maximum Gasteiger partial charge on any atom is 0.272 e. The van der Waals surface area contributed by atoms with Crippen LogP contribution in [0.3, 0.4) is 0 Å². The maximum absolute atomic E-state index is 13.2. The Labute approximate surface area is 155 Å². The van der Waals surface area contributed by atoms with E-state index < -0.39 is 0 Å². The Kier molecular flexibility index (Phi) is 4.56. The molecular weight excluding hydrogens is 386 g/mol. The lowest BCUT2D eigenvalue weighted by molar-refractivity contribution is -0.105. The number of rotatable bonds is 1. The van der Waals surface area contributed by atoms with E-state index in [2.05, 4.69) is 20.9 Å². The molecule has 2 fully saturated rings. The van der Waals surface area contributed by atoms with Crippen molar-refractivity contribution in [3.63, 3.8) is 0 Å². The van der Waals surface area contributed by atoms with E-state index >= 15 is 0 Å². The second-order valence-corrected chi connectivity index (χ2v) is 7.72.